The van der Waals surface area contributed by atoms with Gasteiger partial charge in [-0.3, -0.25) is 0 Å². The summed E-state index contributed by atoms with van der Waals surface area (Å²) in [6.45, 7) is 0. The van der Waals surface area contributed by atoms with Crippen molar-refractivity contribution in [3.8, 4) is 0 Å². The zero-order valence-electron chi connectivity index (χ0n) is 6.36. The Morgan fingerprint density at radius 3 is 3.25 bits per heavy atom. The fourth-order valence-electron chi connectivity index (χ4n) is 1.44. The highest BCUT2D eigenvalue weighted by atomic mass is 32.1. The summed E-state index contributed by atoms with van der Waals surface area (Å²) in [5.74, 6) is 0. The standard InChI is InChI=1S/C8H8N2S2/c11-7-3-1-2-6-4-9-5-10(12)8(6)7/h1,3-5,8,10H,2H2. The monoisotopic (exact) mass is 196 g/mol. The van der Waals surface area contributed by atoms with Crippen LogP contribution in [0, 0.1) is 0 Å². The maximum atomic E-state index is 5.20. The van der Waals surface area contributed by atoms with Gasteiger partial charge in [0.1, 0.15) is 6.04 Å². The Hall–Kier alpha value is -0.450. The predicted molar refractivity (Wildman–Crippen MR) is 55.0 cm³/mol. The van der Waals surface area contributed by atoms with Gasteiger partial charge in [-0.05, 0) is 12.5 Å². The maximum absolute atomic E-state index is 5.20. The smallest absolute Gasteiger partial charge is 0.171 e. The predicted octanol–water partition coefficient (Wildman–Crippen LogP) is -0.0426. The third-order valence-electron chi connectivity index (χ3n) is 2.02. The van der Waals surface area contributed by atoms with Gasteiger partial charge in [0, 0.05) is 11.8 Å². The van der Waals surface area contributed by atoms with E-state index in [1.165, 1.54) is 5.57 Å². The van der Waals surface area contributed by atoms with E-state index in [1.54, 1.807) is 6.34 Å². The fourth-order valence-corrected chi connectivity index (χ4v) is 2.23. The molecule has 1 heterocycles. The van der Waals surface area contributed by atoms with Crippen molar-refractivity contribution in [1.29, 1.82) is 0 Å². The highest BCUT2D eigenvalue weighted by molar-refractivity contribution is 7.81. The minimum Gasteiger partial charge on any atom is -0.488 e. The summed E-state index contributed by atoms with van der Waals surface area (Å²) in [6.07, 6.45) is 8.56. The van der Waals surface area contributed by atoms with Crippen molar-refractivity contribution >= 4 is 36.2 Å². The van der Waals surface area contributed by atoms with Crippen molar-refractivity contribution in [1.82, 2.24) is 0 Å². The Balaban J connectivity index is 2.38. The molecule has 0 saturated carbocycles. The van der Waals surface area contributed by atoms with Crippen LogP contribution in [0.15, 0.2) is 28.9 Å². The molecule has 0 aromatic rings. The van der Waals surface area contributed by atoms with Crippen LogP contribution in [0.3, 0.4) is 0 Å². The second kappa shape index (κ2) is 3.12. The summed E-state index contributed by atoms with van der Waals surface area (Å²) in [7, 11) is 0. The Morgan fingerprint density at radius 1 is 1.67 bits per heavy atom. The van der Waals surface area contributed by atoms with Crippen LogP contribution in [0.25, 0.3) is 0 Å². The molecule has 2 aliphatic rings. The van der Waals surface area contributed by atoms with Gasteiger partial charge in [0.2, 0.25) is 0 Å². The molecule has 0 aromatic heterocycles. The molecule has 1 aliphatic carbocycles. The van der Waals surface area contributed by atoms with E-state index in [4.69, 9.17) is 25.0 Å². The van der Waals surface area contributed by atoms with E-state index >= 15 is 0 Å². The Bertz CT molecular complexity index is 304. The number of nitrogens with one attached hydrogen (secondary N) is 1. The molecule has 0 radical (unpaired) electrons. The Labute approximate surface area is 82.2 Å². The van der Waals surface area contributed by atoms with Gasteiger partial charge in [0.15, 0.2) is 6.34 Å². The second-order valence-electron chi connectivity index (χ2n) is 2.83. The molecule has 12 heavy (non-hydrogen) atoms. The minimum atomic E-state index is 0.178. The van der Waals surface area contributed by atoms with Crippen molar-refractivity contribution in [2.24, 2.45) is 4.99 Å². The van der Waals surface area contributed by atoms with E-state index < -0.39 is 0 Å². The molecular weight excluding hydrogens is 188 g/mol. The molecule has 4 heteroatoms. The van der Waals surface area contributed by atoms with Crippen LogP contribution >= 0.6 is 12.2 Å². The second-order valence-corrected chi connectivity index (χ2v) is 3.77. The zero-order valence-corrected chi connectivity index (χ0v) is 7.99. The summed E-state index contributed by atoms with van der Waals surface area (Å²) in [4.78, 5) is 4.98. The van der Waals surface area contributed by atoms with Gasteiger partial charge in [-0.25, -0.2) is 4.99 Å². The van der Waals surface area contributed by atoms with Gasteiger partial charge in [-0.15, -0.1) is 0 Å². The van der Waals surface area contributed by atoms with E-state index in [2.05, 4.69) is 11.1 Å². The molecule has 0 bridgehead atoms. The first-order chi connectivity index (χ1) is 5.79. The molecule has 2 unspecified atom stereocenters. The van der Waals surface area contributed by atoms with Crippen molar-refractivity contribution in [3.05, 3.63) is 23.9 Å². The average molecular weight is 196 g/mol. The van der Waals surface area contributed by atoms with E-state index in [9.17, 15) is 0 Å². The van der Waals surface area contributed by atoms with Gasteiger partial charge >= 0.3 is 0 Å². The molecule has 0 amide bonds. The van der Waals surface area contributed by atoms with Crippen LogP contribution in [0.5, 0.6) is 0 Å². The summed E-state index contributed by atoms with van der Waals surface area (Å²) >= 11 is 10.4. The van der Waals surface area contributed by atoms with Gasteiger partial charge in [-0.1, -0.05) is 18.3 Å². The molecule has 0 spiro atoms. The number of rotatable bonds is 0. The number of thiocarbonyl (C=S) groups is 1. The highest BCUT2D eigenvalue weighted by Crippen LogP contribution is 2.15. The lowest BCUT2D eigenvalue weighted by molar-refractivity contribution is -0.650. The van der Waals surface area contributed by atoms with Crippen LogP contribution < -0.4 is 4.31 Å². The number of hydrogen-bond acceptors (Lipinski definition) is 3. The topological polar surface area (TPSA) is 16.8 Å². The summed E-state index contributed by atoms with van der Waals surface area (Å²) in [6, 6.07) is 0.178. The SMILES string of the molecule is S=C1C=CCC2=CN=C[NH+]([S-])C12. The van der Waals surface area contributed by atoms with Crippen molar-refractivity contribution in [3.63, 3.8) is 0 Å². The third-order valence-corrected chi connectivity index (χ3v) is 2.73. The first-order valence-corrected chi connectivity index (χ1v) is 4.57. The highest BCUT2D eigenvalue weighted by Gasteiger charge is 2.26. The van der Waals surface area contributed by atoms with Crippen LogP contribution in [0.1, 0.15) is 6.42 Å². The number of nitrogens with zero attached hydrogens (tertiary/aromatic N) is 1. The Kier molecular flexibility index (Phi) is 2.12. The van der Waals surface area contributed by atoms with Gasteiger partial charge < -0.3 is 17.1 Å². The van der Waals surface area contributed by atoms with Gasteiger partial charge in [0.25, 0.3) is 0 Å². The normalized spacial score (nSPS) is 33.1. The van der Waals surface area contributed by atoms with Gasteiger partial charge in [-0.2, -0.15) is 0 Å². The number of aliphatic imine (C=N–C) groups is 1. The minimum absolute atomic E-state index is 0.178. The van der Waals surface area contributed by atoms with Crippen LogP contribution in [-0.2, 0) is 12.8 Å². The maximum Gasteiger partial charge on any atom is 0.171 e. The third kappa shape index (κ3) is 1.26. The van der Waals surface area contributed by atoms with Crippen LogP contribution in [0.4, 0.5) is 0 Å². The number of quaternary nitrogens is 1. The first-order valence-electron chi connectivity index (χ1n) is 3.75. The zero-order chi connectivity index (χ0) is 8.55. The lowest BCUT2D eigenvalue weighted by Crippen LogP contribution is -3.12. The van der Waals surface area contributed by atoms with Crippen LogP contribution in [0.2, 0.25) is 0 Å². The lowest BCUT2D eigenvalue weighted by atomic mass is 9.95. The number of allylic oxidation sites excluding steroid dienone is 1. The molecule has 0 aromatic carbocycles. The van der Waals surface area contributed by atoms with Crippen molar-refractivity contribution in [2.45, 2.75) is 12.5 Å². The quantitative estimate of drug-likeness (QED) is 0.432. The Morgan fingerprint density at radius 2 is 2.50 bits per heavy atom. The molecule has 0 fully saturated rings. The number of hydrogen-bond donors (Lipinski definition) is 1. The molecule has 62 valence electrons. The molecule has 1 N–H and O–H groups in total. The summed E-state index contributed by atoms with van der Waals surface area (Å²) < 4.78 is 0.849. The largest absolute Gasteiger partial charge is 0.488 e. The van der Waals surface area contributed by atoms with Crippen molar-refractivity contribution < 1.29 is 4.31 Å². The summed E-state index contributed by atoms with van der Waals surface area (Å²) in [5.41, 5.74) is 1.23. The summed E-state index contributed by atoms with van der Waals surface area (Å²) in [5, 5.41) is 0. The molecular formula is C8H8N2S2. The first kappa shape index (κ1) is 8.16. The van der Waals surface area contributed by atoms with E-state index in [0.717, 1.165) is 15.6 Å². The average Bonchev–Trinajstić information content (AvgIpc) is 2.04. The van der Waals surface area contributed by atoms with Gasteiger partial charge in [0.05, 0.1) is 4.86 Å². The van der Waals surface area contributed by atoms with Crippen LogP contribution in [-0.4, -0.2) is 17.2 Å². The number of fused-ring (bicyclic) bond motifs is 1. The van der Waals surface area contributed by atoms with Crippen molar-refractivity contribution in [2.75, 3.05) is 0 Å². The molecule has 2 nitrogen and oxygen atoms in total. The molecule has 1 aliphatic heterocycles. The van der Waals surface area contributed by atoms with E-state index in [0.29, 0.717) is 0 Å². The van der Waals surface area contributed by atoms with E-state index in [1.807, 2.05) is 12.3 Å². The molecule has 2 rings (SSSR count). The molecule has 0 saturated heterocycles. The lowest BCUT2D eigenvalue weighted by Gasteiger charge is -2.33. The molecule has 2 atom stereocenters. The van der Waals surface area contributed by atoms with E-state index in [-0.39, 0.29) is 6.04 Å². The fraction of sp³-hybridized carbons (Fsp3) is 0.250.